The highest BCUT2D eigenvalue weighted by molar-refractivity contribution is 5.81. The van der Waals surface area contributed by atoms with E-state index in [1.165, 1.54) is 12.2 Å². The first kappa shape index (κ1) is 8.75. The Kier molecular flexibility index (Phi) is 5.14. The van der Waals surface area contributed by atoms with Crippen molar-refractivity contribution in [2.24, 2.45) is 0 Å². The van der Waals surface area contributed by atoms with E-state index < -0.39 is 0 Å². The number of aliphatic hydroxyl groups excluding tert-OH is 2. The number of ketones is 1. The molecule has 2 N–H and O–H groups in total. The monoisotopic (exact) mass is 142 g/mol. The highest BCUT2D eigenvalue weighted by Gasteiger charge is 1.93. The van der Waals surface area contributed by atoms with Crippen molar-refractivity contribution in [3.05, 3.63) is 24.7 Å². The summed E-state index contributed by atoms with van der Waals surface area (Å²) < 4.78 is 0. The summed E-state index contributed by atoms with van der Waals surface area (Å²) >= 11 is 0. The first-order chi connectivity index (χ1) is 4.81. The van der Waals surface area contributed by atoms with E-state index in [2.05, 4.69) is 0 Å². The van der Waals surface area contributed by atoms with Crippen LogP contribution in [0.25, 0.3) is 0 Å². The number of rotatable bonds is 4. The predicted molar refractivity (Wildman–Crippen MR) is 37.8 cm³/mol. The predicted octanol–water partition coefficient (Wildman–Crippen LogP) is 1.48. The van der Waals surface area contributed by atoms with Gasteiger partial charge in [0.25, 0.3) is 0 Å². The number of aliphatic hydroxyl groups is 2. The van der Waals surface area contributed by atoms with E-state index in [1.54, 1.807) is 0 Å². The maximum absolute atomic E-state index is 10.6. The molecular weight excluding hydrogens is 132 g/mol. The Hall–Kier alpha value is -1.25. The molecule has 0 amide bonds. The van der Waals surface area contributed by atoms with E-state index in [-0.39, 0.29) is 18.6 Å². The van der Waals surface area contributed by atoms with Crippen LogP contribution in [-0.4, -0.2) is 16.0 Å². The molecule has 3 heteroatoms. The van der Waals surface area contributed by atoms with Crippen molar-refractivity contribution >= 4 is 5.78 Å². The molecule has 0 rings (SSSR count). The first-order valence-electron chi connectivity index (χ1n) is 2.91. The molecule has 0 aliphatic heterocycles. The van der Waals surface area contributed by atoms with Gasteiger partial charge in [-0.25, -0.2) is 0 Å². The SMILES string of the molecule is O=C(C/C=C/O)C/C=C/O. The summed E-state index contributed by atoms with van der Waals surface area (Å²) in [5.74, 6) is -0.0457. The average molecular weight is 142 g/mol. The van der Waals surface area contributed by atoms with Gasteiger partial charge in [-0.1, -0.05) is 0 Å². The maximum atomic E-state index is 10.6. The molecule has 0 spiro atoms. The van der Waals surface area contributed by atoms with Gasteiger partial charge in [-0.2, -0.15) is 0 Å². The van der Waals surface area contributed by atoms with Crippen molar-refractivity contribution < 1.29 is 15.0 Å². The lowest BCUT2D eigenvalue weighted by atomic mass is 10.2. The topological polar surface area (TPSA) is 57.5 Å². The molecule has 0 saturated carbocycles. The molecule has 0 aromatic rings. The molecule has 0 radical (unpaired) electrons. The van der Waals surface area contributed by atoms with Gasteiger partial charge in [0.2, 0.25) is 0 Å². The standard InChI is InChI=1S/C7H10O3/c8-5-1-3-7(10)4-2-6-9/h1-2,5-6,8-9H,3-4H2/b5-1+,6-2+. The summed E-state index contributed by atoms with van der Waals surface area (Å²) in [6.07, 6.45) is 4.80. The van der Waals surface area contributed by atoms with Crippen LogP contribution in [0.3, 0.4) is 0 Å². The van der Waals surface area contributed by atoms with Crippen LogP contribution in [0, 0.1) is 0 Å². The second-order valence-corrected chi connectivity index (χ2v) is 1.72. The van der Waals surface area contributed by atoms with Gasteiger partial charge < -0.3 is 10.2 Å². The largest absolute Gasteiger partial charge is 0.516 e. The summed E-state index contributed by atoms with van der Waals surface area (Å²) in [7, 11) is 0. The van der Waals surface area contributed by atoms with Crippen LogP contribution in [0.15, 0.2) is 24.7 Å². The number of carbonyl (C=O) groups is 1. The Labute approximate surface area is 59.3 Å². The zero-order valence-corrected chi connectivity index (χ0v) is 5.53. The molecule has 10 heavy (non-hydrogen) atoms. The van der Waals surface area contributed by atoms with Crippen molar-refractivity contribution in [2.75, 3.05) is 0 Å². The zero-order chi connectivity index (χ0) is 7.82. The van der Waals surface area contributed by atoms with Crippen molar-refractivity contribution in [2.45, 2.75) is 12.8 Å². The van der Waals surface area contributed by atoms with Gasteiger partial charge in [0.05, 0.1) is 12.5 Å². The van der Waals surface area contributed by atoms with Crippen molar-refractivity contribution in [3.8, 4) is 0 Å². The molecule has 0 atom stereocenters. The Morgan fingerprint density at radius 1 is 1.10 bits per heavy atom. The fraction of sp³-hybridized carbons (Fsp3) is 0.286. The highest BCUT2D eigenvalue weighted by atomic mass is 16.2. The Bertz CT molecular complexity index is 131. The van der Waals surface area contributed by atoms with Gasteiger partial charge in [0, 0.05) is 12.8 Å². The minimum absolute atomic E-state index is 0.0457. The molecule has 3 nitrogen and oxygen atoms in total. The molecule has 0 aromatic heterocycles. The summed E-state index contributed by atoms with van der Waals surface area (Å²) in [6, 6.07) is 0. The van der Waals surface area contributed by atoms with Crippen molar-refractivity contribution in [1.29, 1.82) is 0 Å². The molecule has 0 fully saturated rings. The highest BCUT2D eigenvalue weighted by Crippen LogP contribution is 1.91. The molecule has 0 unspecified atom stereocenters. The number of carbonyl (C=O) groups excluding carboxylic acids is 1. The molecule has 0 aliphatic carbocycles. The third-order valence-electron chi connectivity index (χ3n) is 0.902. The van der Waals surface area contributed by atoms with E-state index in [4.69, 9.17) is 10.2 Å². The normalized spacial score (nSPS) is 11.2. The third-order valence-corrected chi connectivity index (χ3v) is 0.902. The smallest absolute Gasteiger partial charge is 0.140 e. The van der Waals surface area contributed by atoms with Crippen LogP contribution in [0.5, 0.6) is 0 Å². The minimum atomic E-state index is -0.0457. The summed E-state index contributed by atoms with van der Waals surface area (Å²) in [6.45, 7) is 0. The Balaban J connectivity index is 3.44. The van der Waals surface area contributed by atoms with Gasteiger partial charge in [-0.15, -0.1) is 0 Å². The Morgan fingerprint density at radius 2 is 1.50 bits per heavy atom. The molecule has 0 heterocycles. The average Bonchev–Trinajstić information content (AvgIpc) is 1.97. The fourth-order valence-corrected chi connectivity index (χ4v) is 0.452. The van der Waals surface area contributed by atoms with Crippen LogP contribution in [0.1, 0.15) is 12.8 Å². The Morgan fingerprint density at radius 3 is 1.80 bits per heavy atom. The third kappa shape index (κ3) is 4.90. The maximum Gasteiger partial charge on any atom is 0.140 e. The van der Waals surface area contributed by atoms with E-state index in [0.717, 1.165) is 12.5 Å². The van der Waals surface area contributed by atoms with Crippen LogP contribution in [0.2, 0.25) is 0 Å². The molecule has 0 bridgehead atoms. The molecule has 0 aliphatic rings. The van der Waals surface area contributed by atoms with E-state index in [1.807, 2.05) is 0 Å². The number of hydrogen-bond donors (Lipinski definition) is 2. The van der Waals surface area contributed by atoms with E-state index in [0.29, 0.717) is 0 Å². The summed E-state index contributed by atoms with van der Waals surface area (Å²) in [5, 5.41) is 16.3. The quantitative estimate of drug-likeness (QED) is 0.584. The van der Waals surface area contributed by atoms with E-state index in [9.17, 15) is 4.79 Å². The summed E-state index contributed by atoms with van der Waals surface area (Å²) in [4.78, 5) is 10.6. The lowest BCUT2D eigenvalue weighted by Crippen LogP contribution is -1.91. The van der Waals surface area contributed by atoms with Crippen LogP contribution < -0.4 is 0 Å². The van der Waals surface area contributed by atoms with Gasteiger partial charge in [0.1, 0.15) is 5.78 Å². The van der Waals surface area contributed by atoms with Crippen molar-refractivity contribution in [3.63, 3.8) is 0 Å². The van der Waals surface area contributed by atoms with Crippen LogP contribution in [0.4, 0.5) is 0 Å². The summed E-state index contributed by atoms with van der Waals surface area (Å²) in [5.41, 5.74) is 0. The van der Waals surface area contributed by atoms with Gasteiger partial charge in [0.15, 0.2) is 0 Å². The van der Waals surface area contributed by atoms with Crippen LogP contribution >= 0.6 is 0 Å². The number of hydrogen-bond acceptors (Lipinski definition) is 3. The molecule has 56 valence electrons. The van der Waals surface area contributed by atoms with Gasteiger partial charge in [-0.05, 0) is 12.2 Å². The lowest BCUT2D eigenvalue weighted by Gasteiger charge is -1.87. The number of Topliss-reactive ketones (excluding diaryl/α,β-unsaturated/α-hetero) is 1. The molecule has 0 saturated heterocycles. The zero-order valence-electron chi connectivity index (χ0n) is 5.53. The lowest BCUT2D eigenvalue weighted by molar-refractivity contribution is -0.117. The first-order valence-corrected chi connectivity index (χ1v) is 2.91. The fourth-order valence-electron chi connectivity index (χ4n) is 0.452. The van der Waals surface area contributed by atoms with Crippen LogP contribution in [-0.2, 0) is 4.79 Å². The minimum Gasteiger partial charge on any atom is -0.516 e. The molecule has 0 aromatic carbocycles. The van der Waals surface area contributed by atoms with Gasteiger partial charge >= 0.3 is 0 Å². The second-order valence-electron chi connectivity index (χ2n) is 1.72. The van der Waals surface area contributed by atoms with E-state index >= 15 is 0 Å². The van der Waals surface area contributed by atoms with Crippen molar-refractivity contribution in [1.82, 2.24) is 0 Å². The second kappa shape index (κ2) is 5.88. The number of allylic oxidation sites excluding steroid dienone is 2. The molecular formula is C7H10O3. The van der Waals surface area contributed by atoms with Gasteiger partial charge in [-0.3, -0.25) is 4.79 Å².